The van der Waals surface area contributed by atoms with Crippen molar-refractivity contribution in [2.75, 3.05) is 0 Å². The van der Waals surface area contributed by atoms with Crippen LogP contribution in [0.5, 0.6) is 0 Å². The number of hydrogen-bond acceptors (Lipinski definition) is 5. The van der Waals surface area contributed by atoms with Crippen LogP contribution >= 0.6 is 11.3 Å². The highest BCUT2D eigenvalue weighted by molar-refractivity contribution is 7.24. The molecule has 0 amide bonds. The van der Waals surface area contributed by atoms with E-state index < -0.39 is 0 Å². The van der Waals surface area contributed by atoms with Crippen LogP contribution in [0.3, 0.4) is 0 Å². The first-order valence-electron chi connectivity index (χ1n) is 23.0. The van der Waals surface area contributed by atoms with Crippen LogP contribution in [0, 0.1) is 0 Å². The van der Waals surface area contributed by atoms with Crippen LogP contribution in [0.4, 0.5) is 0 Å². The van der Waals surface area contributed by atoms with Crippen LogP contribution in [-0.4, -0.2) is 21.2 Å². The number of nitrogens with zero attached hydrogens (tertiary/aromatic N) is 4. The second kappa shape index (κ2) is 16.6. The third-order valence-corrected chi connectivity index (χ3v) is 14.3. The molecule has 0 saturated carbocycles. The van der Waals surface area contributed by atoms with E-state index in [2.05, 4.69) is 228 Å². The number of aliphatic imine (C=N–C) groups is 2. The summed E-state index contributed by atoms with van der Waals surface area (Å²) in [7, 11) is 0. The topological polar surface area (TPSA) is 54.6 Å². The number of nitrogens with one attached hydrogen (secondary N) is 1. The number of pyridine rings is 1. The van der Waals surface area contributed by atoms with Gasteiger partial charge in [-0.05, 0) is 58.1 Å². The lowest BCUT2D eigenvalue weighted by molar-refractivity contribution is 0.674. The molecule has 320 valence electrons. The number of rotatable bonds is 8. The number of para-hydroxylation sites is 3. The molecule has 1 aliphatic rings. The lowest BCUT2D eigenvalue weighted by Gasteiger charge is -2.24. The Labute approximate surface area is 397 Å². The summed E-state index contributed by atoms with van der Waals surface area (Å²) in [5.41, 5.74) is 15.4. The van der Waals surface area contributed by atoms with Gasteiger partial charge in [0.05, 0.1) is 22.2 Å². The predicted molar refractivity (Wildman–Crippen MR) is 285 cm³/mol. The smallest absolute Gasteiger partial charge is 0.159 e. The number of aromatic nitrogens is 2. The van der Waals surface area contributed by atoms with E-state index in [1.165, 1.54) is 58.8 Å². The molecule has 1 aliphatic heterocycles. The number of fused-ring (bicyclic) bond motifs is 6. The number of benzene rings is 9. The van der Waals surface area contributed by atoms with Crippen molar-refractivity contribution >= 4 is 65.8 Å². The summed E-state index contributed by atoms with van der Waals surface area (Å²) in [6.45, 7) is 0. The molecule has 9 aromatic carbocycles. The maximum atomic E-state index is 5.40. The van der Waals surface area contributed by atoms with Crippen molar-refractivity contribution in [2.45, 2.75) is 6.17 Å². The Morgan fingerprint density at radius 1 is 0.441 bits per heavy atom. The van der Waals surface area contributed by atoms with Gasteiger partial charge in [-0.3, -0.25) is 0 Å². The standard InChI is InChI=1S/C62H41N5S/c1-4-17-42(18-5-1)55-56-57(63-52-28-13-10-27-51(52)59(56)68-58(55)44-19-6-2-7-20-44)43-35-31-40(32-36-43)41-33-37-46(38-34-41)61-64-60(45-21-8-3-9-22-45)65-62(66-61)47-23-16-24-48(39-47)67-53-29-14-11-25-49(53)50-26-12-15-30-54(50)67/h1-39,62H,(H,64,65,66). The van der Waals surface area contributed by atoms with Crippen LogP contribution < -0.4 is 5.32 Å². The third-order valence-electron chi connectivity index (χ3n) is 13.1. The van der Waals surface area contributed by atoms with E-state index in [-0.39, 0.29) is 6.17 Å². The molecule has 0 bridgehead atoms. The Morgan fingerprint density at radius 3 is 1.65 bits per heavy atom. The Bertz CT molecular complexity index is 3860. The zero-order valence-electron chi connectivity index (χ0n) is 36.8. The molecule has 0 fully saturated rings. The van der Waals surface area contributed by atoms with Crippen LogP contribution in [0.2, 0.25) is 0 Å². The molecule has 5 nitrogen and oxygen atoms in total. The van der Waals surface area contributed by atoms with Gasteiger partial charge in [0.2, 0.25) is 0 Å². The van der Waals surface area contributed by atoms with E-state index in [4.69, 9.17) is 15.0 Å². The van der Waals surface area contributed by atoms with E-state index in [0.29, 0.717) is 5.84 Å². The normalized spacial score (nSPS) is 13.7. The molecule has 3 aromatic heterocycles. The lowest BCUT2D eigenvalue weighted by Crippen LogP contribution is -2.33. The van der Waals surface area contributed by atoms with Crippen molar-refractivity contribution in [3.63, 3.8) is 0 Å². The Kier molecular flexibility index (Phi) is 9.69. The zero-order valence-corrected chi connectivity index (χ0v) is 37.6. The molecule has 0 spiro atoms. The second-order valence-corrected chi connectivity index (χ2v) is 18.2. The van der Waals surface area contributed by atoms with Crippen molar-refractivity contribution in [3.8, 4) is 49.6 Å². The molecule has 1 unspecified atom stereocenters. The molecule has 68 heavy (non-hydrogen) atoms. The van der Waals surface area contributed by atoms with Gasteiger partial charge in [0.1, 0.15) is 12.0 Å². The zero-order chi connectivity index (χ0) is 45.0. The van der Waals surface area contributed by atoms with Crippen LogP contribution in [0.1, 0.15) is 22.9 Å². The fraction of sp³-hybridized carbons (Fsp3) is 0.0161. The highest BCUT2D eigenvalue weighted by atomic mass is 32.1. The monoisotopic (exact) mass is 887 g/mol. The van der Waals surface area contributed by atoms with Gasteiger partial charge in [-0.1, -0.05) is 206 Å². The number of thiophene rings is 1. The van der Waals surface area contributed by atoms with Gasteiger partial charge in [0.15, 0.2) is 5.84 Å². The summed E-state index contributed by atoms with van der Waals surface area (Å²) in [4.78, 5) is 17.1. The largest absolute Gasteiger partial charge is 0.344 e. The highest BCUT2D eigenvalue weighted by Crippen LogP contribution is 2.50. The molecule has 1 atom stereocenters. The van der Waals surface area contributed by atoms with Crippen molar-refractivity contribution in [3.05, 3.63) is 253 Å². The van der Waals surface area contributed by atoms with Crippen LogP contribution in [-0.2, 0) is 0 Å². The van der Waals surface area contributed by atoms with Crippen LogP contribution in [0.15, 0.2) is 247 Å². The quantitative estimate of drug-likeness (QED) is 0.165. The molecular weight excluding hydrogens is 847 g/mol. The van der Waals surface area contributed by atoms with Crippen molar-refractivity contribution < 1.29 is 0 Å². The molecule has 13 rings (SSSR count). The molecule has 0 saturated heterocycles. The molecule has 4 heterocycles. The fourth-order valence-electron chi connectivity index (χ4n) is 9.83. The minimum absolute atomic E-state index is 0.359. The van der Waals surface area contributed by atoms with Crippen LogP contribution in [0.25, 0.3) is 92.4 Å². The lowest BCUT2D eigenvalue weighted by atomic mass is 9.94. The average Bonchev–Trinajstić information content (AvgIpc) is 3.99. The minimum atomic E-state index is -0.359. The van der Waals surface area contributed by atoms with Gasteiger partial charge in [-0.2, -0.15) is 0 Å². The fourth-order valence-corrected chi connectivity index (χ4v) is 11.2. The second-order valence-electron chi connectivity index (χ2n) is 17.2. The van der Waals surface area contributed by atoms with Crippen molar-refractivity contribution in [2.24, 2.45) is 9.98 Å². The summed E-state index contributed by atoms with van der Waals surface area (Å²) in [5.74, 6) is 1.47. The van der Waals surface area contributed by atoms with Gasteiger partial charge in [0.25, 0.3) is 0 Å². The molecule has 1 N–H and O–H groups in total. The van der Waals surface area contributed by atoms with E-state index in [1.54, 1.807) is 0 Å². The maximum Gasteiger partial charge on any atom is 0.159 e. The molecular formula is C62H41N5S. The Morgan fingerprint density at radius 2 is 0.985 bits per heavy atom. The summed E-state index contributed by atoms with van der Waals surface area (Å²) >= 11 is 1.86. The number of hydrogen-bond donors (Lipinski definition) is 1. The van der Waals surface area contributed by atoms with E-state index in [1.807, 2.05) is 29.5 Å². The first kappa shape index (κ1) is 39.6. The van der Waals surface area contributed by atoms with Gasteiger partial charge in [-0.15, -0.1) is 11.3 Å². The van der Waals surface area contributed by atoms with E-state index in [9.17, 15) is 0 Å². The molecule has 0 aliphatic carbocycles. The van der Waals surface area contributed by atoms with E-state index >= 15 is 0 Å². The van der Waals surface area contributed by atoms with Crippen molar-refractivity contribution in [1.82, 2.24) is 14.9 Å². The Balaban J connectivity index is 0.864. The van der Waals surface area contributed by atoms with Crippen molar-refractivity contribution in [1.29, 1.82) is 0 Å². The molecule has 0 radical (unpaired) electrons. The minimum Gasteiger partial charge on any atom is -0.344 e. The first-order chi connectivity index (χ1) is 33.7. The number of amidine groups is 2. The first-order valence-corrected chi connectivity index (χ1v) is 23.8. The SMILES string of the molecule is c1ccc(C2=NC(c3ccc(-c4ccc(-c5nc6ccccc6c6sc(-c7ccccc7)c(-c7ccccc7)c56)cc4)cc3)=NC(c3cccc(-n4c5ccccc5c5ccccc54)c3)N2)cc1. The summed E-state index contributed by atoms with van der Waals surface area (Å²) in [6.07, 6.45) is -0.359. The predicted octanol–water partition coefficient (Wildman–Crippen LogP) is 15.7. The maximum absolute atomic E-state index is 5.40. The summed E-state index contributed by atoms with van der Waals surface area (Å²) in [6, 6.07) is 83.8. The van der Waals surface area contributed by atoms with Gasteiger partial charge < -0.3 is 9.88 Å². The van der Waals surface area contributed by atoms with Gasteiger partial charge >= 0.3 is 0 Å². The third kappa shape index (κ3) is 6.89. The summed E-state index contributed by atoms with van der Waals surface area (Å²) in [5, 5.41) is 8.51. The van der Waals surface area contributed by atoms with Gasteiger partial charge in [0, 0.05) is 59.1 Å². The highest BCUT2D eigenvalue weighted by Gasteiger charge is 2.24. The summed E-state index contributed by atoms with van der Waals surface area (Å²) < 4.78 is 3.60. The molecule has 6 heteroatoms. The average molecular weight is 888 g/mol. The molecule has 12 aromatic rings. The van der Waals surface area contributed by atoms with E-state index in [0.717, 1.165) is 56.1 Å². The van der Waals surface area contributed by atoms with Gasteiger partial charge in [-0.25, -0.2) is 15.0 Å². The Hall–Kier alpha value is -8.71.